The number of aromatic amines is 1. The minimum absolute atomic E-state index is 0.0282. The summed E-state index contributed by atoms with van der Waals surface area (Å²) >= 11 is 0. The number of ketones is 1. The highest BCUT2D eigenvalue weighted by atomic mass is 16.4. The summed E-state index contributed by atoms with van der Waals surface area (Å²) in [4.78, 5) is 40.8. The van der Waals surface area contributed by atoms with Crippen LogP contribution >= 0.6 is 0 Å². The summed E-state index contributed by atoms with van der Waals surface area (Å²) in [5.74, 6) is -1.06. The van der Waals surface area contributed by atoms with Crippen molar-refractivity contribution in [2.75, 3.05) is 13.1 Å². The fourth-order valence-electron chi connectivity index (χ4n) is 4.25. The van der Waals surface area contributed by atoms with Crippen LogP contribution in [0.1, 0.15) is 65.2 Å². The number of carbonyl (C=O) groups excluding carboxylic acids is 2. The molecule has 6 nitrogen and oxygen atoms in total. The molecule has 1 amide bonds. The molecule has 2 aliphatic rings. The Labute approximate surface area is 141 Å². The third-order valence-electron chi connectivity index (χ3n) is 5.74. The normalized spacial score (nSPS) is 21.8. The molecule has 0 radical (unpaired) electrons. The van der Waals surface area contributed by atoms with E-state index in [0.717, 1.165) is 30.5 Å². The molecule has 1 saturated heterocycles. The van der Waals surface area contributed by atoms with Crippen molar-refractivity contribution < 1.29 is 19.5 Å². The summed E-state index contributed by atoms with van der Waals surface area (Å²) in [7, 11) is 0. The SMILES string of the molecule is CCc1c(C(=O)N2CCC3(CC2)CC3C(=O)O)[nH]c(C)c1C(C)=O. The van der Waals surface area contributed by atoms with Crippen LogP contribution in [0, 0.1) is 18.3 Å². The van der Waals surface area contributed by atoms with Gasteiger partial charge in [0.25, 0.3) is 5.91 Å². The van der Waals surface area contributed by atoms with Crippen LogP contribution in [0.2, 0.25) is 0 Å². The first-order valence-electron chi connectivity index (χ1n) is 8.55. The summed E-state index contributed by atoms with van der Waals surface area (Å²) < 4.78 is 0. The zero-order chi connectivity index (χ0) is 17.6. The largest absolute Gasteiger partial charge is 0.481 e. The van der Waals surface area contributed by atoms with Crippen molar-refractivity contribution in [1.82, 2.24) is 9.88 Å². The molecule has 1 aliphatic heterocycles. The van der Waals surface area contributed by atoms with Crippen LogP contribution in [-0.2, 0) is 11.2 Å². The Kier molecular flexibility index (Phi) is 4.01. The third-order valence-corrected chi connectivity index (χ3v) is 5.74. The highest BCUT2D eigenvalue weighted by Gasteiger charge is 2.59. The van der Waals surface area contributed by atoms with E-state index in [4.69, 9.17) is 5.11 Å². The zero-order valence-corrected chi connectivity index (χ0v) is 14.4. The van der Waals surface area contributed by atoms with E-state index in [1.807, 2.05) is 13.8 Å². The highest BCUT2D eigenvalue weighted by Crippen LogP contribution is 2.59. The first-order valence-corrected chi connectivity index (χ1v) is 8.55. The number of aliphatic carboxylic acids is 1. The molecule has 1 aliphatic carbocycles. The molecule has 2 fully saturated rings. The molecule has 2 heterocycles. The van der Waals surface area contributed by atoms with Crippen LogP contribution in [0.25, 0.3) is 0 Å². The van der Waals surface area contributed by atoms with E-state index in [9.17, 15) is 14.4 Å². The molecule has 1 spiro atoms. The highest BCUT2D eigenvalue weighted by molar-refractivity contribution is 6.02. The molecule has 0 bridgehead atoms. The van der Waals surface area contributed by atoms with Gasteiger partial charge in [-0.15, -0.1) is 0 Å². The van der Waals surface area contributed by atoms with Crippen molar-refractivity contribution in [3.05, 3.63) is 22.5 Å². The summed E-state index contributed by atoms with van der Waals surface area (Å²) in [5.41, 5.74) is 2.58. The number of amides is 1. The second-order valence-electron chi connectivity index (χ2n) is 7.14. The Balaban J connectivity index is 1.76. The maximum atomic E-state index is 12.9. The molecule has 3 rings (SSSR count). The molecule has 1 aromatic heterocycles. The van der Waals surface area contributed by atoms with Crippen LogP contribution in [0.4, 0.5) is 0 Å². The molecule has 0 aromatic carbocycles. The maximum Gasteiger partial charge on any atom is 0.307 e. The molecular formula is C18H24N2O4. The van der Waals surface area contributed by atoms with Crippen LogP contribution in [-0.4, -0.2) is 45.7 Å². The predicted octanol–water partition coefficient (Wildman–Crippen LogP) is 2.42. The van der Waals surface area contributed by atoms with Crippen molar-refractivity contribution in [2.24, 2.45) is 11.3 Å². The van der Waals surface area contributed by atoms with E-state index >= 15 is 0 Å². The fraction of sp³-hybridized carbons (Fsp3) is 0.611. The van der Waals surface area contributed by atoms with Crippen LogP contribution in [0.5, 0.6) is 0 Å². The quantitative estimate of drug-likeness (QED) is 0.829. The second kappa shape index (κ2) is 5.76. The number of carboxylic acids is 1. The predicted molar refractivity (Wildman–Crippen MR) is 88.2 cm³/mol. The smallest absolute Gasteiger partial charge is 0.307 e. The van der Waals surface area contributed by atoms with Crippen molar-refractivity contribution in [3.8, 4) is 0 Å². The molecule has 6 heteroatoms. The lowest BCUT2D eigenvalue weighted by Gasteiger charge is -2.32. The Hall–Kier alpha value is -2.11. The number of H-pyrrole nitrogens is 1. The summed E-state index contributed by atoms with van der Waals surface area (Å²) in [6.07, 6.45) is 2.85. The van der Waals surface area contributed by atoms with Gasteiger partial charge < -0.3 is 15.0 Å². The summed E-state index contributed by atoms with van der Waals surface area (Å²) in [6.45, 7) is 6.45. The van der Waals surface area contributed by atoms with E-state index < -0.39 is 5.97 Å². The summed E-state index contributed by atoms with van der Waals surface area (Å²) in [5, 5.41) is 9.16. The number of carboxylic acid groups (broad SMARTS) is 1. The first kappa shape index (κ1) is 16.7. The van der Waals surface area contributed by atoms with Gasteiger partial charge >= 0.3 is 5.97 Å². The van der Waals surface area contributed by atoms with Gasteiger partial charge in [-0.25, -0.2) is 0 Å². The van der Waals surface area contributed by atoms with E-state index in [2.05, 4.69) is 4.98 Å². The lowest BCUT2D eigenvalue weighted by Crippen LogP contribution is -2.40. The van der Waals surface area contributed by atoms with Crippen molar-refractivity contribution in [3.63, 3.8) is 0 Å². The van der Waals surface area contributed by atoms with Gasteiger partial charge in [0.15, 0.2) is 5.78 Å². The molecule has 24 heavy (non-hydrogen) atoms. The minimum Gasteiger partial charge on any atom is -0.481 e. The topological polar surface area (TPSA) is 90.5 Å². The number of hydrogen-bond donors (Lipinski definition) is 2. The minimum atomic E-state index is -0.714. The van der Waals surface area contributed by atoms with Gasteiger partial charge in [0.1, 0.15) is 5.69 Å². The molecule has 130 valence electrons. The van der Waals surface area contributed by atoms with Crippen LogP contribution < -0.4 is 0 Å². The number of nitrogens with one attached hydrogen (secondary N) is 1. The van der Waals surface area contributed by atoms with Gasteiger partial charge in [-0.3, -0.25) is 14.4 Å². The summed E-state index contributed by atoms with van der Waals surface area (Å²) in [6, 6.07) is 0. The Morgan fingerprint density at radius 3 is 2.38 bits per heavy atom. The van der Waals surface area contributed by atoms with Crippen LogP contribution in [0.3, 0.4) is 0 Å². The number of aryl methyl sites for hydroxylation is 1. The van der Waals surface area contributed by atoms with E-state index in [-0.39, 0.29) is 23.0 Å². The third kappa shape index (κ3) is 2.54. The average molecular weight is 332 g/mol. The number of hydrogen-bond acceptors (Lipinski definition) is 3. The van der Waals surface area contributed by atoms with Gasteiger partial charge in [-0.05, 0) is 50.5 Å². The Morgan fingerprint density at radius 1 is 1.29 bits per heavy atom. The molecule has 1 atom stereocenters. The van der Waals surface area contributed by atoms with E-state index in [0.29, 0.717) is 30.8 Å². The lowest BCUT2D eigenvalue weighted by molar-refractivity contribution is -0.139. The van der Waals surface area contributed by atoms with Gasteiger partial charge in [0.2, 0.25) is 0 Å². The second-order valence-corrected chi connectivity index (χ2v) is 7.14. The number of likely N-dealkylation sites (tertiary alicyclic amines) is 1. The Morgan fingerprint density at radius 2 is 1.92 bits per heavy atom. The first-order chi connectivity index (χ1) is 11.3. The van der Waals surface area contributed by atoms with Crippen molar-refractivity contribution in [1.29, 1.82) is 0 Å². The number of aromatic nitrogens is 1. The molecule has 1 unspecified atom stereocenters. The number of carbonyl (C=O) groups is 3. The number of rotatable bonds is 4. The standard InChI is InChI=1S/C18H24N2O4/c1-4-12-14(11(3)21)10(2)19-15(12)16(22)20-7-5-18(6-8-20)9-13(18)17(23)24/h13,19H,4-9H2,1-3H3,(H,23,24). The number of Topliss-reactive ketones (excluding diaryl/α,β-unsaturated/α-hetero) is 1. The molecule has 1 saturated carbocycles. The molecular weight excluding hydrogens is 308 g/mol. The number of piperidine rings is 1. The van der Waals surface area contributed by atoms with Crippen LogP contribution in [0.15, 0.2) is 0 Å². The van der Waals surface area contributed by atoms with E-state index in [1.54, 1.807) is 4.90 Å². The van der Waals surface area contributed by atoms with Crippen molar-refractivity contribution >= 4 is 17.7 Å². The van der Waals surface area contributed by atoms with Gasteiger partial charge in [0.05, 0.1) is 5.92 Å². The van der Waals surface area contributed by atoms with Gasteiger partial charge in [-0.2, -0.15) is 0 Å². The Bertz CT molecular complexity index is 711. The molecule has 2 N–H and O–H groups in total. The van der Waals surface area contributed by atoms with Gasteiger partial charge in [-0.1, -0.05) is 6.92 Å². The zero-order valence-electron chi connectivity index (χ0n) is 14.4. The fourth-order valence-corrected chi connectivity index (χ4v) is 4.25. The maximum absolute atomic E-state index is 12.9. The molecule has 1 aromatic rings. The monoisotopic (exact) mass is 332 g/mol. The number of nitrogens with zero attached hydrogens (tertiary/aromatic N) is 1. The van der Waals surface area contributed by atoms with Crippen molar-refractivity contribution in [2.45, 2.75) is 46.5 Å². The van der Waals surface area contributed by atoms with E-state index in [1.165, 1.54) is 6.92 Å². The lowest BCUT2D eigenvalue weighted by atomic mass is 9.90. The average Bonchev–Trinajstić information content (AvgIpc) is 3.12. The van der Waals surface area contributed by atoms with Gasteiger partial charge in [0, 0.05) is 24.3 Å².